The SMILES string of the molecule is CCCCCCCCCCCCCCCCCC(=O)[O-].CCCCCCCCCCCCCCCCCC(=O)[O-].[Cd+2]. The number of rotatable bonds is 32. The van der Waals surface area contributed by atoms with Crippen molar-refractivity contribution in [3.05, 3.63) is 0 Å². The van der Waals surface area contributed by atoms with E-state index in [0.29, 0.717) is 0 Å². The molecule has 0 bridgehead atoms. The third-order valence-corrected chi connectivity index (χ3v) is 7.97. The van der Waals surface area contributed by atoms with Gasteiger partial charge in [-0.05, 0) is 25.7 Å². The van der Waals surface area contributed by atoms with Gasteiger partial charge in [0.15, 0.2) is 0 Å². The zero-order valence-electron chi connectivity index (χ0n) is 28.0. The molecule has 0 aliphatic carbocycles. The third-order valence-electron chi connectivity index (χ3n) is 7.97. The van der Waals surface area contributed by atoms with Crippen LogP contribution in [0.2, 0.25) is 0 Å². The summed E-state index contributed by atoms with van der Waals surface area (Å²) in [5.41, 5.74) is 0. The van der Waals surface area contributed by atoms with Crippen LogP contribution in [0, 0.1) is 0 Å². The zero-order chi connectivity index (χ0) is 29.8. The van der Waals surface area contributed by atoms with E-state index in [9.17, 15) is 19.8 Å². The monoisotopic (exact) mass is 680 g/mol. The Morgan fingerprint density at radius 1 is 0.317 bits per heavy atom. The normalized spacial score (nSPS) is 10.6. The number of carbonyl (C=O) groups excluding carboxylic acids is 2. The number of hydrogen-bond donors (Lipinski definition) is 0. The minimum absolute atomic E-state index is 0. The molecule has 0 aromatic rings. The van der Waals surface area contributed by atoms with E-state index in [1.807, 2.05) is 0 Å². The van der Waals surface area contributed by atoms with E-state index in [-0.39, 0.29) is 40.1 Å². The zero-order valence-corrected chi connectivity index (χ0v) is 32.0. The Morgan fingerprint density at radius 2 is 0.463 bits per heavy atom. The first-order valence-electron chi connectivity index (χ1n) is 17.9. The van der Waals surface area contributed by atoms with Crippen LogP contribution in [0.3, 0.4) is 0 Å². The summed E-state index contributed by atoms with van der Waals surface area (Å²) in [6.45, 7) is 4.53. The van der Waals surface area contributed by atoms with Gasteiger partial charge in [0.05, 0.1) is 0 Å². The fourth-order valence-corrected chi connectivity index (χ4v) is 5.28. The maximum Gasteiger partial charge on any atom is 2.00 e. The molecule has 0 rings (SSSR count). The topological polar surface area (TPSA) is 80.3 Å². The van der Waals surface area contributed by atoms with Crippen LogP contribution in [0.4, 0.5) is 0 Å². The van der Waals surface area contributed by atoms with Crippen molar-refractivity contribution in [2.75, 3.05) is 0 Å². The summed E-state index contributed by atoms with van der Waals surface area (Å²) in [6.07, 6.45) is 39.7. The fourth-order valence-electron chi connectivity index (χ4n) is 5.28. The minimum atomic E-state index is -0.903. The van der Waals surface area contributed by atoms with Crippen molar-refractivity contribution in [1.29, 1.82) is 0 Å². The molecule has 0 aliphatic heterocycles. The Morgan fingerprint density at radius 3 is 0.610 bits per heavy atom. The molecule has 0 radical (unpaired) electrons. The minimum Gasteiger partial charge on any atom is -0.550 e. The second-order valence-electron chi connectivity index (χ2n) is 12.1. The van der Waals surface area contributed by atoms with Crippen LogP contribution in [-0.4, -0.2) is 11.9 Å². The quantitative estimate of drug-likeness (QED) is 0.0524. The van der Waals surface area contributed by atoms with Gasteiger partial charge >= 0.3 is 27.3 Å². The van der Waals surface area contributed by atoms with E-state index in [2.05, 4.69) is 13.8 Å². The van der Waals surface area contributed by atoms with E-state index in [1.54, 1.807) is 0 Å². The van der Waals surface area contributed by atoms with Crippen LogP contribution in [0.25, 0.3) is 0 Å². The predicted octanol–water partition coefficient (Wildman–Crippen LogP) is 9.99. The summed E-state index contributed by atoms with van der Waals surface area (Å²) in [5.74, 6) is -1.81. The van der Waals surface area contributed by atoms with Crippen LogP contribution in [0.5, 0.6) is 0 Å². The van der Waals surface area contributed by atoms with Crippen molar-refractivity contribution in [1.82, 2.24) is 0 Å². The molecule has 0 fully saturated rings. The Labute approximate surface area is 277 Å². The average Bonchev–Trinajstić information content (AvgIpc) is 2.93. The largest absolute Gasteiger partial charge is 2.00 e. The second-order valence-corrected chi connectivity index (χ2v) is 12.1. The number of hydrogen-bond acceptors (Lipinski definition) is 4. The van der Waals surface area contributed by atoms with Gasteiger partial charge in [0, 0.05) is 11.9 Å². The van der Waals surface area contributed by atoms with Gasteiger partial charge in [0.2, 0.25) is 0 Å². The van der Waals surface area contributed by atoms with Gasteiger partial charge in [-0.25, -0.2) is 0 Å². The molecule has 5 heteroatoms. The molecular formula is C36H70CdO4. The van der Waals surface area contributed by atoms with Gasteiger partial charge < -0.3 is 19.8 Å². The number of aliphatic carboxylic acids is 2. The Balaban J connectivity index is -0.000000688. The molecule has 0 saturated heterocycles. The molecule has 4 nitrogen and oxygen atoms in total. The smallest absolute Gasteiger partial charge is 0.550 e. The van der Waals surface area contributed by atoms with E-state index in [4.69, 9.17) is 0 Å². The van der Waals surface area contributed by atoms with E-state index >= 15 is 0 Å². The Kier molecular flexibility index (Phi) is 46.4. The van der Waals surface area contributed by atoms with Crippen molar-refractivity contribution >= 4 is 11.9 Å². The van der Waals surface area contributed by atoms with Gasteiger partial charge in [-0.1, -0.05) is 194 Å². The fraction of sp³-hybridized carbons (Fsp3) is 0.944. The average molecular weight is 679 g/mol. The van der Waals surface area contributed by atoms with Crippen LogP contribution in [0.15, 0.2) is 0 Å². The molecule has 0 heterocycles. The van der Waals surface area contributed by atoms with Gasteiger partial charge in [0.1, 0.15) is 0 Å². The van der Waals surface area contributed by atoms with Crippen molar-refractivity contribution in [3.63, 3.8) is 0 Å². The summed E-state index contributed by atoms with van der Waals surface area (Å²) in [4.78, 5) is 20.4. The molecule has 0 amide bonds. The summed E-state index contributed by atoms with van der Waals surface area (Å²) in [6, 6.07) is 0. The maximum absolute atomic E-state index is 10.2. The Bertz CT molecular complexity index is 454. The summed E-state index contributed by atoms with van der Waals surface area (Å²) in [7, 11) is 0. The van der Waals surface area contributed by atoms with Crippen LogP contribution in [-0.2, 0) is 36.9 Å². The van der Waals surface area contributed by atoms with Crippen molar-refractivity contribution in [2.45, 2.75) is 219 Å². The van der Waals surface area contributed by atoms with Crippen LogP contribution in [0.1, 0.15) is 219 Å². The van der Waals surface area contributed by atoms with Crippen LogP contribution < -0.4 is 10.2 Å². The molecule has 0 unspecified atom stereocenters. The van der Waals surface area contributed by atoms with E-state index in [0.717, 1.165) is 25.7 Å². The predicted molar refractivity (Wildman–Crippen MR) is 169 cm³/mol. The number of unbranched alkanes of at least 4 members (excludes halogenated alkanes) is 28. The first-order valence-corrected chi connectivity index (χ1v) is 17.9. The van der Waals surface area contributed by atoms with Crippen LogP contribution >= 0.6 is 0 Å². The molecule has 41 heavy (non-hydrogen) atoms. The first kappa shape index (κ1) is 45.3. The number of carbonyl (C=O) groups is 2. The molecule has 240 valence electrons. The standard InChI is InChI=1S/2C18H36O2.Cd/c2*1-2-3-4-5-6-7-8-9-10-11-12-13-14-15-16-17-18(19)20;/h2*2-17H2,1H3,(H,19,20);/q;;+2/p-2. The van der Waals surface area contributed by atoms with Crippen molar-refractivity contribution in [2.24, 2.45) is 0 Å². The molecule has 0 aromatic carbocycles. The summed E-state index contributed by atoms with van der Waals surface area (Å²) < 4.78 is 0. The van der Waals surface area contributed by atoms with Crippen molar-refractivity contribution in [3.8, 4) is 0 Å². The van der Waals surface area contributed by atoms with E-state index in [1.165, 1.54) is 167 Å². The molecule has 0 atom stereocenters. The second kappa shape index (κ2) is 42.0. The van der Waals surface area contributed by atoms with Crippen molar-refractivity contribution < 1.29 is 47.1 Å². The van der Waals surface area contributed by atoms with Gasteiger partial charge in [-0.3, -0.25) is 0 Å². The molecule has 0 saturated carbocycles. The molecule has 0 aliphatic rings. The van der Waals surface area contributed by atoms with Gasteiger partial charge in [-0.2, -0.15) is 0 Å². The van der Waals surface area contributed by atoms with Gasteiger partial charge in [-0.15, -0.1) is 0 Å². The third kappa shape index (κ3) is 49.8. The molecule has 0 aromatic heterocycles. The summed E-state index contributed by atoms with van der Waals surface area (Å²) >= 11 is 0. The number of carboxylic acid groups (broad SMARTS) is 2. The maximum atomic E-state index is 10.2. The Hall–Kier alpha value is -0.138. The first-order chi connectivity index (χ1) is 19.5. The summed E-state index contributed by atoms with van der Waals surface area (Å²) in [5, 5.41) is 20.4. The molecule has 0 N–H and O–H groups in total. The molecule has 0 spiro atoms. The number of carboxylic acids is 2. The van der Waals surface area contributed by atoms with Gasteiger partial charge in [0.25, 0.3) is 0 Å². The van der Waals surface area contributed by atoms with E-state index < -0.39 is 11.9 Å². The molecular weight excluding hydrogens is 609 g/mol.